The predicted octanol–water partition coefficient (Wildman–Crippen LogP) is 1.10. The smallest absolute Gasteiger partial charge is 0.118 e. The summed E-state index contributed by atoms with van der Waals surface area (Å²) in [7, 11) is -0.929. The van der Waals surface area contributed by atoms with Gasteiger partial charge in [0.15, 0.2) is 0 Å². The summed E-state index contributed by atoms with van der Waals surface area (Å²) in [6, 6.07) is 1.22. The average molecular weight is 201 g/mol. The van der Waals surface area contributed by atoms with Crippen molar-refractivity contribution < 1.29 is 4.74 Å². The Labute approximate surface area is 81.0 Å². The van der Waals surface area contributed by atoms with Crippen molar-refractivity contribution in [2.75, 3.05) is 20.0 Å². The van der Waals surface area contributed by atoms with Crippen molar-refractivity contribution >= 4 is 14.4 Å². The Kier molecular flexibility index (Phi) is 3.89. The molecule has 0 bridgehead atoms. The van der Waals surface area contributed by atoms with Crippen LogP contribution < -0.4 is 5.43 Å². The maximum Gasteiger partial charge on any atom is 0.118 e. The number of ether oxygens (including phenoxy) is 1. The third-order valence-electron chi connectivity index (χ3n) is 1.83. The van der Waals surface area contributed by atoms with Gasteiger partial charge in [-0.15, -0.1) is 0 Å². The molecule has 0 fully saturated rings. The highest BCUT2D eigenvalue weighted by Crippen LogP contribution is 2.07. The third-order valence-corrected chi connectivity index (χ3v) is 3.53. The van der Waals surface area contributed by atoms with Gasteiger partial charge in [-0.2, -0.15) is 5.01 Å². The molecule has 1 heterocycles. The molecule has 1 N–H and O–H groups in total. The molecule has 0 atom stereocenters. The second-order valence-corrected chi connectivity index (χ2v) is 10.1. The molecule has 1 rings (SSSR count). The molecule has 0 saturated heterocycles. The van der Waals surface area contributed by atoms with Crippen LogP contribution in [0.3, 0.4) is 0 Å². The van der Waals surface area contributed by atoms with Gasteiger partial charge in [0.1, 0.15) is 13.4 Å². The molecule has 0 aliphatic carbocycles. The van der Waals surface area contributed by atoms with Gasteiger partial charge in [-0.25, -0.2) is 0 Å². The zero-order chi connectivity index (χ0) is 9.73. The van der Waals surface area contributed by atoms with Crippen LogP contribution in [0.5, 0.6) is 0 Å². The summed E-state index contributed by atoms with van der Waals surface area (Å²) in [4.78, 5) is 4.01. The van der Waals surface area contributed by atoms with E-state index in [0.717, 1.165) is 6.61 Å². The maximum absolute atomic E-state index is 5.51. The molecule has 0 amide bonds. The van der Waals surface area contributed by atoms with E-state index in [0.29, 0.717) is 13.4 Å². The summed E-state index contributed by atoms with van der Waals surface area (Å²) in [6.45, 7) is 9.26. The monoisotopic (exact) mass is 201 g/mol. The van der Waals surface area contributed by atoms with Gasteiger partial charge < -0.3 is 10.2 Å². The molecule has 4 nitrogen and oxygen atoms in total. The lowest BCUT2D eigenvalue weighted by Gasteiger charge is -2.18. The van der Waals surface area contributed by atoms with E-state index in [2.05, 4.69) is 30.1 Å². The van der Waals surface area contributed by atoms with Gasteiger partial charge in [-0.3, -0.25) is 4.99 Å². The lowest BCUT2D eigenvalue weighted by Crippen LogP contribution is -2.34. The minimum Gasteiger partial charge on any atom is -0.365 e. The van der Waals surface area contributed by atoms with Crippen LogP contribution in [-0.4, -0.2) is 39.4 Å². The van der Waals surface area contributed by atoms with Crippen molar-refractivity contribution in [2.45, 2.75) is 25.7 Å². The first-order valence-electron chi connectivity index (χ1n) is 4.65. The minimum atomic E-state index is -0.929. The molecule has 5 heteroatoms. The first-order chi connectivity index (χ1) is 6.08. The van der Waals surface area contributed by atoms with Crippen molar-refractivity contribution in [1.29, 1.82) is 0 Å². The largest absolute Gasteiger partial charge is 0.365 e. The number of aliphatic imine (C=N–C) groups is 1. The quantitative estimate of drug-likeness (QED) is 0.535. The summed E-state index contributed by atoms with van der Waals surface area (Å²) >= 11 is 0. The highest BCUT2D eigenvalue weighted by atomic mass is 28.3. The van der Waals surface area contributed by atoms with Crippen LogP contribution in [0.2, 0.25) is 25.7 Å². The fourth-order valence-electron chi connectivity index (χ4n) is 0.934. The number of hydrogen-bond acceptors (Lipinski definition) is 4. The van der Waals surface area contributed by atoms with Crippen LogP contribution >= 0.6 is 0 Å². The van der Waals surface area contributed by atoms with Gasteiger partial charge >= 0.3 is 0 Å². The Bertz CT molecular complexity index is 171. The number of nitrogens with one attached hydrogen (secondary N) is 1. The first-order valence-corrected chi connectivity index (χ1v) is 8.36. The van der Waals surface area contributed by atoms with Crippen molar-refractivity contribution in [3.8, 4) is 0 Å². The van der Waals surface area contributed by atoms with E-state index in [1.807, 2.05) is 5.01 Å². The van der Waals surface area contributed by atoms with E-state index in [1.165, 1.54) is 6.04 Å². The van der Waals surface area contributed by atoms with Crippen LogP contribution in [0, 0.1) is 0 Å². The van der Waals surface area contributed by atoms with Crippen molar-refractivity contribution in [3.63, 3.8) is 0 Å². The van der Waals surface area contributed by atoms with E-state index in [-0.39, 0.29) is 0 Å². The number of hydrogen-bond donors (Lipinski definition) is 1. The molecule has 0 spiro atoms. The molecule has 13 heavy (non-hydrogen) atoms. The molecule has 0 saturated carbocycles. The van der Waals surface area contributed by atoms with Gasteiger partial charge in [-0.05, 0) is 6.04 Å². The summed E-state index contributed by atoms with van der Waals surface area (Å²) < 4.78 is 5.51. The summed E-state index contributed by atoms with van der Waals surface area (Å²) in [5.74, 6) is 0. The lowest BCUT2D eigenvalue weighted by molar-refractivity contribution is 0.0281. The van der Waals surface area contributed by atoms with Crippen molar-refractivity contribution in [3.05, 3.63) is 0 Å². The lowest BCUT2D eigenvalue weighted by atomic mass is 10.8. The van der Waals surface area contributed by atoms with Crippen molar-refractivity contribution in [2.24, 2.45) is 4.99 Å². The van der Waals surface area contributed by atoms with E-state index in [9.17, 15) is 0 Å². The van der Waals surface area contributed by atoms with E-state index in [1.54, 1.807) is 6.34 Å². The predicted molar refractivity (Wildman–Crippen MR) is 57.3 cm³/mol. The number of rotatable bonds is 5. The fourth-order valence-corrected chi connectivity index (χ4v) is 1.69. The van der Waals surface area contributed by atoms with Crippen LogP contribution in [0.4, 0.5) is 0 Å². The topological polar surface area (TPSA) is 36.9 Å². The molecule has 1 aliphatic rings. The number of nitrogens with zero attached hydrogens (tertiary/aromatic N) is 2. The van der Waals surface area contributed by atoms with Gasteiger partial charge in [0.25, 0.3) is 0 Å². The third kappa shape index (κ3) is 5.02. The van der Waals surface area contributed by atoms with Crippen LogP contribution in [0.25, 0.3) is 0 Å². The Morgan fingerprint density at radius 3 is 2.85 bits per heavy atom. The van der Waals surface area contributed by atoms with E-state index >= 15 is 0 Å². The van der Waals surface area contributed by atoms with Gasteiger partial charge in [0.05, 0.1) is 6.34 Å². The molecule has 0 unspecified atom stereocenters. The van der Waals surface area contributed by atoms with Crippen LogP contribution in [-0.2, 0) is 4.74 Å². The Morgan fingerprint density at radius 2 is 2.31 bits per heavy atom. The Hall–Kier alpha value is -0.393. The zero-order valence-electron chi connectivity index (χ0n) is 8.71. The first kappa shape index (κ1) is 10.7. The van der Waals surface area contributed by atoms with Crippen molar-refractivity contribution in [1.82, 2.24) is 10.4 Å². The molecular formula is C8H19N3OSi. The fraction of sp³-hybridized carbons (Fsp3) is 0.875. The highest BCUT2D eigenvalue weighted by molar-refractivity contribution is 6.76. The molecule has 0 radical (unpaired) electrons. The normalized spacial score (nSPS) is 17.8. The second kappa shape index (κ2) is 4.73. The molecule has 0 aromatic heterocycles. The summed E-state index contributed by atoms with van der Waals surface area (Å²) in [5.41, 5.74) is 2.98. The molecule has 0 aromatic carbocycles. The van der Waals surface area contributed by atoms with E-state index < -0.39 is 8.07 Å². The minimum absolute atomic E-state index is 0.629. The zero-order valence-corrected chi connectivity index (χ0v) is 9.71. The Morgan fingerprint density at radius 1 is 1.54 bits per heavy atom. The second-order valence-electron chi connectivity index (χ2n) is 4.47. The standard InChI is InChI=1S/C8H19N3OSi/c1-13(2,3)5-4-12-8-11-7-9-6-10-11/h6H,4-5,7-8H2,1-3H3,(H,9,10). The SMILES string of the molecule is C[Si](C)(C)CCOCN1CN=CN1. The summed E-state index contributed by atoms with van der Waals surface area (Å²) in [6.07, 6.45) is 1.70. The molecular weight excluding hydrogens is 182 g/mol. The number of hydrazine groups is 1. The molecule has 1 aliphatic heterocycles. The summed E-state index contributed by atoms with van der Waals surface area (Å²) in [5, 5.41) is 1.93. The van der Waals surface area contributed by atoms with Crippen LogP contribution in [0.1, 0.15) is 0 Å². The molecule has 0 aromatic rings. The van der Waals surface area contributed by atoms with E-state index in [4.69, 9.17) is 4.74 Å². The van der Waals surface area contributed by atoms with Gasteiger partial charge in [0.2, 0.25) is 0 Å². The Balaban J connectivity index is 1.95. The highest BCUT2D eigenvalue weighted by Gasteiger charge is 2.12. The van der Waals surface area contributed by atoms with Gasteiger partial charge in [0, 0.05) is 14.7 Å². The maximum atomic E-state index is 5.51. The average Bonchev–Trinajstić information content (AvgIpc) is 2.48. The molecule has 76 valence electrons. The van der Waals surface area contributed by atoms with Gasteiger partial charge in [-0.1, -0.05) is 19.6 Å². The van der Waals surface area contributed by atoms with Crippen LogP contribution in [0.15, 0.2) is 4.99 Å².